The van der Waals surface area contributed by atoms with Gasteiger partial charge >= 0.3 is 0 Å². The summed E-state index contributed by atoms with van der Waals surface area (Å²) >= 11 is 0. The maximum atomic E-state index is 14.1. The first-order valence-corrected chi connectivity index (χ1v) is 8.79. The Labute approximate surface area is 150 Å². The van der Waals surface area contributed by atoms with E-state index in [1.807, 2.05) is 0 Å². The van der Waals surface area contributed by atoms with Crippen molar-refractivity contribution >= 4 is 23.4 Å². The van der Waals surface area contributed by atoms with Crippen LogP contribution in [-0.4, -0.2) is 37.4 Å². The van der Waals surface area contributed by atoms with Crippen molar-refractivity contribution in [1.29, 1.82) is 0 Å². The van der Waals surface area contributed by atoms with E-state index in [0.29, 0.717) is 0 Å². The zero-order valence-electron chi connectivity index (χ0n) is 14.4. The predicted molar refractivity (Wildman–Crippen MR) is 93.8 cm³/mol. The second-order valence-corrected chi connectivity index (χ2v) is 7.03. The third-order valence-electron chi connectivity index (χ3n) is 5.25. The van der Waals surface area contributed by atoms with Crippen LogP contribution < -0.4 is 21.7 Å². The van der Waals surface area contributed by atoms with Crippen molar-refractivity contribution in [3.05, 3.63) is 29.6 Å². The topological polar surface area (TPSA) is 113 Å². The van der Waals surface area contributed by atoms with Gasteiger partial charge in [-0.25, -0.2) is 4.39 Å². The van der Waals surface area contributed by atoms with Crippen molar-refractivity contribution in [2.24, 2.45) is 17.1 Å². The van der Waals surface area contributed by atoms with E-state index < -0.39 is 17.6 Å². The summed E-state index contributed by atoms with van der Waals surface area (Å²) < 4.78 is 14.1. The number of primary amides is 1. The summed E-state index contributed by atoms with van der Waals surface area (Å²) in [6, 6.07) is 3.78. The van der Waals surface area contributed by atoms with Crippen LogP contribution in [0.25, 0.3) is 0 Å². The van der Waals surface area contributed by atoms with E-state index in [2.05, 4.69) is 16.0 Å². The molecule has 3 rings (SSSR count). The van der Waals surface area contributed by atoms with E-state index in [-0.39, 0.29) is 41.5 Å². The summed E-state index contributed by atoms with van der Waals surface area (Å²) in [6.45, 7) is 1.91. The molecule has 8 heteroatoms. The molecule has 5 N–H and O–H groups in total. The first kappa shape index (κ1) is 18.3. The molecule has 0 radical (unpaired) electrons. The molecule has 7 nitrogen and oxygen atoms in total. The second-order valence-electron chi connectivity index (χ2n) is 7.03. The zero-order valence-corrected chi connectivity index (χ0v) is 14.4. The molecule has 1 saturated carbocycles. The Hall–Kier alpha value is -2.48. The van der Waals surface area contributed by atoms with Crippen LogP contribution in [-0.2, 0) is 9.59 Å². The molecular weight excluding hydrogens is 339 g/mol. The summed E-state index contributed by atoms with van der Waals surface area (Å²) in [7, 11) is 0. The van der Waals surface area contributed by atoms with Gasteiger partial charge in [0.1, 0.15) is 5.82 Å². The fourth-order valence-corrected chi connectivity index (χ4v) is 3.58. The second kappa shape index (κ2) is 7.41. The van der Waals surface area contributed by atoms with Crippen LogP contribution in [0, 0.1) is 17.2 Å². The lowest BCUT2D eigenvalue weighted by atomic mass is 9.92. The Bertz CT molecular complexity index is 731. The standard InChI is InChI=1S/C18H23FN4O3/c19-13-2-1-11(16(25)22-6-3-15(20)24)9-14(13)23-17(26)12-10-18(12)4-7-21-8-5-18/h1-2,9,12,21H,3-8,10H2,(H2,20,24)(H,22,25)(H,23,26). The maximum absolute atomic E-state index is 14.1. The van der Waals surface area contributed by atoms with Crippen molar-refractivity contribution < 1.29 is 18.8 Å². The Morgan fingerprint density at radius 1 is 1.27 bits per heavy atom. The summed E-state index contributed by atoms with van der Waals surface area (Å²) in [4.78, 5) is 35.2. The third-order valence-corrected chi connectivity index (χ3v) is 5.25. The summed E-state index contributed by atoms with van der Waals surface area (Å²) in [5, 5.41) is 8.43. The smallest absolute Gasteiger partial charge is 0.251 e. The average molecular weight is 362 g/mol. The number of rotatable bonds is 6. The van der Waals surface area contributed by atoms with Crippen LogP contribution in [0.1, 0.15) is 36.0 Å². The van der Waals surface area contributed by atoms with Crippen LogP contribution in [0.3, 0.4) is 0 Å². The number of nitrogens with two attached hydrogens (primary N) is 1. The minimum atomic E-state index is -0.591. The number of nitrogens with one attached hydrogen (secondary N) is 3. The van der Waals surface area contributed by atoms with Crippen LogP contribution in [0.4, 0.5) is 10.1 Å². The Morgan fingerprint density at radius 2 is 2.00 bits per heavy atom. The number of carbonyl (C=O) groups is 3. The zero-order chi connectivity index (χ0) is 18.7. The quantitative estimate of drug-likeness (QED) is 0.598. The molecule has 1 aliphatic carbocycles. The third kappa shape index (κ3) is 4.01. The molecular formula is C18H23FN4O3. The van der Waals surface area contributed by atoms with E-state index >= 15 is 0 Å². The fraction of sp³-hybridized carbons (Fsp3) is 0.500. The molecule has 1 aromatic carbocycles. The lowest BCUT2D eigenvalue weighted by molar-refractivity contribution is -0.119. The first-order chi connectivity index (χ1) is 12.4. The normalized spacial score (nSPS) is 20.4. The van der Waals surface area contributed by atoms with Crippen molar-refractivity contribution in [2.45, 2.75) is 25.7 Å². The number of carbonyl (C=O) groups excluding carboxylic acids is 3. The van der Waals surface area contributed by atoms with Gasteiger partial charge in [0.2, 0.25) is 11.8 Å². The van der Waals surface area contributed by atoms with Crippen LogP contribution in [0.5, 0.6) is 0 Å². The molecule has 1 unspecified atom stereocenters. The van der Waals surface area contributed by atoms with Crippen LogP contribution in [0.15, 0.2) is 18.2 Å². The van der Waals surface area contributed by atoms with E-state index in [1.54, 1.807) is 0 Å². The number of piperidine rings is 1. The van der Waals surface area contributed by atoms with Gasteiger partial charge in [-0.3, -0.25) is 14.4 Å². The predicted octanol–water partition coefficient (Wildman–Crippen LogP) is 0.759. The Kier molecular flexibility index (Phi) is 5.22. The Balaban J connectivity index is 1.62. The van der Waals surface area contributed by atoms with Gasteiger partial charge in [-0.15, -0.1) is 0 Å². The molecule has 1 atom stereocenters. The average Bonchev–Trinajstić information content (AvgIpc) is 3.30. The molecule has 2 fully saturated rings. The van der Waals surface area contributed by atoms with Gasteiger partial charge in [0.25, 0.3) is 5.91 Å². The van der Waals surface area contributed by atoms with Crippen molar-refractivity contribution in [1.82, 2.24) is 10.6 Å². The monoisotopic (exact) mass is 362 g/mol. The number of benzene rings is 1. The molecule has 1 aromatic rings. The SMILES string of the molecule is NC(=O)CCNC(=O)c1ccc(F)c(NC(=O)C2CC23CCNCC3)c1. The molecule has 0 bridgehead atoms. The van der Waals surface area contributed by atoms with Gasteiger partial charge in [-0.2, -0.15) is 0 Å². The van der Waals surface area contributed by atoms with Crippen molar-refractivity contribution in [2.75, 3.05) is 25.0 Å². The highest BCUT2D eigenvalue weighted by Gasteiger charge is 2.57. The van der Waals surface area contributed by atoms with Gasteiger partial charge in [-0.1, -0.05) is 0 Å². The highest BCUT2D eigenvalue weighted by atomic mass is 19.1. The molecule has 3 amide bonds. The fourth-order valence-electron chi connectivity index (χ4n) is 3.58. The highest BCUT2D eigenvalue weighted by Crippen LogP contribution is 2.58. The van der Waals surface area contributed by atoms with E-state index in [1.165, 1.54) is 12.1 Å². The largest absolute Gasteiger partial charge is 0.370 e. The van der Waals surface area contributed by atoms with E-state index in [9.17, 15) is 18.8 Å². The molecule has 1 spiro atoms. The van der Waals surface area contributed by atoms with E-state index in [0.717, 1.165) is 38.4 Å². The number of hydrogen-bond acceptors (Lipinski definition) is 4. The molecule has 2 aliphatic rings. The van der Waals surface area contributed by atoms with Gasteiger partial charge < -0.3 is 21.7 Å². The molecule has 0 aromatic heterocycles. The first-order valence-electron chi connectivity index (χ1n) is 8.79. The van der Waals surface area contributed by atoms with Gasteiger partial charge in [0.15, 0.2) is 0 Å². The molecule has 26 heavy (non-hydrogen) atoms. The Morgan fingerprint density at radius 3 is 2.69 bits per heavy atom. The number of anilines is 1. The van der Waals surface area contributed by atoms with Crippen molar-refractivity contribution in [3.63, 3.8) is 0 Å². The summed E-state index contributed by atoms with van der Waals surface area (Å²) in [5.41, 5.74) is 5.27. The summed E-state index contributed by atoms with van der Waals surface area (Å²) in [5.74, 6) is -1.86. The van der Waals surface area contributed by atoms with Crippen LogP contribution >= 0.6 is 0 Å². The van der Waals surface area contributed by atoms with E-state index in [4.69, 9.17) is 5.73 Å². The van der Waals surface area contributed by atoms with Crippen LogP contribution in [0.2, 0.25) is 0 Å². The minimum absolute atomic E-state index is 0.00599. The molecule has 1 aliphatic heterocycles. The van der Waals surface area contributed by atoms with Gasteiger partial charge in [0, 0.05) is 24.4 Å². The van der Waals surface area contributed by atoms with Crippen molar-refractivity contribution in [3.8, 4) is 0 Å². The highest BCUT2D eigenvalue weighted by molar-refractivity contribution is 5.98. The lowest BCUT2D eigenvalue weighted by Gasteiger charge is -2.23. The number of amides is 3. The summed E-state index contributed by atoms with van der Waals surface area (Å²) in [6.07, 6.45) is 2.76. The number of halogens is 1. The van der Waals surface area contributed by atoms with Gasteiger partial charge in [-0.05, 0) is 56.0 Å². The number of hydrogen-bond donors (Lipinski definition) is 4. The lowest BCUT2D eigenvalue weighted by Crippen LogP contribution is -2.31. The van der Waals surface area contributed by atoms with Gasteiger partial charge in [0.05, 0.1) is 5.69 Å². The minimum Gasteiger partial charge on any atom is -0.370 e. The molecule has 1 saturated heterocycles. The molecule has 140 valence electrons. The maximum Gasteiger partial charge on any atom is 0.251 e. The molecule has 1 heterocycles.